The van der Waals surface area contributed by atoms with Gasteiger partial charge in [0.1, 0.15) is 5.78 Å². The minimum absolute atomic E-state index is 0.00639. The van der Waals surface area contributed by atoms with E-state index in [9.17, 15) is 51.8 Å². The fourth-order valence-electron chi connectivity index (χ4n) is 6.37. The summed E-state index contributed by atoms with van der Waals surface area (Å²) in [5.41, 5.74) is 15.4. The summed E-state index contributed by atoms with van der Waals surface area (Å²) in [5.74, 6) is 0.676. The van der Waals surface area contributed by atoms with Crippen LogP contribution in [0.4, 0.5) is 0 Å². The molecular weight excluding hydrogens is 1600 g/mol. The second-order valence-electron chi connectivity index (χ2n) is 21.1. The number of halogens is 2. The van der Waals surface area contributed by atoms with Gasteiger partial charge < -0.3 is 109 Å². The zero-order valence-corrected chi connectivity index (χ0v) is 65.4. The number of rotatable bonds is 40. The van der Waals surface area contributed by atoms with Crippen LogP contribution in [0.2, 0.25) is 0 Å². The van der Waals surface area contributed by atoms with Gasteiger partial charge in [0.25, 0.3) is 0 Å². The Hall–Kier alpha value is -1.22. The number of carbonyl (C=O) groups excluding carboxylic acids is 1. The maximum Gasteiger partial charge on any atom is 0.325 e. The zero-order valence-electron chi connectivity index (χ0n) is 54.5. The Kier molecular flexibility index (Phi) is 70.9. The summed E-state index contributed by atoms with van der Waals surface area (Å²) in [6.07, 6.45) is 15.2. The number of nitrogens with zero attached hydrogens (tertiary/aromatic N) is 3. The largest absolute Gasteiger partial charge is 0.504 e. The highest BCUT2D eigenvalue weighted by atomic mass is 127. The van der Waals surface area contributed by atoms with Gasteiger partial charge in [-0.3, -0.25) is 36.7 Å². The molecule has 1 atom stereocenters. The van der Waals surface area contributed by atoms with Crippen LogP contribution in [0.3, 0.4) is 0 Å². The molecule has 0 aromatic heterocycles. The van der Waals surface area contributed by atoms with Gasteiger partial charge in [0.05, 0.1) is 12.7 Å². The number of Topliss-reactive ketones (excluding diaryl/α,β-unsaturated/α-hetero) is 1. The average molecular weight is 1710 g/mol. The molecule has 44 heteroatoms. The van der Waals surface area contributed by atoms with Crippen LogP contribution in [0.5, 0.6) is 23.0 Å². The first-order valence-corrected chi connectivity index (χ1v) is 46.2. The van der Waals surface area contributed by atoms with E-state index in [4.69, 9.17) is 111 Å². The second kappa shape index (κ2) is 64.4. The van der Waals surface area contributed by atoms with Gasteiger partial charge in [-0.25, -0.2) is 0 Å². The third kappa shape index (κ3) is 106. The fraction of sp³-hybridized carbons (Fsp3) is 0.736. The number of aryl methyl sites for hydroxylation is 2. The number of alkyl halides is 2. The van der Waals surface area contributed by atoms with Gasteiger partial charge in [0.2, 0.25) is 0 Å². The molecule has 0 radical (unpaired) electrons. The predicted molar refractivity (Wildman–Crippen MR) is 391 cm³/mol. The molecular formula is C53H107ClIN4O29P7S2. The Morgan fingerprint density at radius 2 is 0.856 bits per heavy atom. The standard InChI is InChI=1S/C10H13N3O2.C10H15NO2.2C6H13O4P.C5H11O5P.C4H10ClO3P.C4H10IO3P.2C4H11O3PS/c11-13-12-6-2-1-3-8-4-5-9(14)10(15)7-8;11-6-2-1-3-8-4-5-9(12)10(13)7-8;7-11(8,9)4-2-1-3-6-5-10-6;1-6(7)4-2-3-5-11(8,9)10;6-5(7)3-1-2-4-11(8,9)10;2*5-3-1-2-4-9(6,7)8;2*5-8(6,7)3-1-2-4-9/h4-5,7,14-15H,1-3,6H2;4-5,7,12-13H,1-3,6,11H2;6H,1-5H2,(H2,7,8,9);2-5H2,1H3,(H2,8,9,10);1-4H2,(H,6,7)(H2,8,9,10);2*1-4H2,(H2,6,7,8);2*9H,1-4H2,(H2,5,6,7). The highest BCUT2D eigenvalue weighted by molar-refractivity contribution is 14.1. The normalized spacial score (nSPS) is 12.6. The second-order valence-corrected chi connectivity index (χ2v) is 35.9. The molecule has 0 bridgehead atoms. The maximum atomic E-state index is 10.4. The number of nitrogens with two attached hydrogens (primary N) is 1. The van der Waals surface area contributed by atoms with E-state index < -0.39 is 59.1 Å². The van der Waals surface area contributed by atoms with E-state index in [0.29, 0.717) is 101 Å². The van der Waals surface area contributed by atoms with Crippen molar-refractivity contribution in [2.75, 3.05) is 84.6 Å². The van der Waals surface area contributed by atoms with Crippen molar-refractivity contribution in [2.24, 2.45) is 10.8 Å². The molecule has 1 saturated heterocycles. The lowest BCUT2D eigenvalue weighted by Crippen LogP contribution is -1.98. The third-order valence-corrected chi connectivity index (χ3v) is 19.3. The van der Waals surface area contributed by atoms with Gasteiger partial charge >= 0.3 is 59.1 Å². The van der Waals surface area contributed by atoms with E-state index in [0.717, 1.165) is 92.8 Å². The first-order valence-electron chi connectivity index (χ1n) is 30.3. The van der Waals surface area contributed by atoms with E-state index in [1.807, 2.05) is 6.07 Å². The highest BCUT2D eigenvalue weighted by Crippen LogP contribution is 2.39. The van der Waals surface area contributed by atoms with E-state index in [-0.39, 0.29) is 84.8 Å². The molecule has 2 aromatic carbocycles. The third-order valence-electron chi connectivity index (χ3n) is 11.4. The Bertz CT molecular complexity index is 2580. The first kappa shape index (κ1) is 107. The fourth-order valence-corrected chi connectivity index (χ4v) is 12.0. The van der Waals surface area contributed by atoms with E-state index in [1.54, 1.807) is 18.2 Å². The number of carboxylic acid groups (broad SMARTS) is 1. The van der Waals surface area contributed by atoms with Crippen molar-refractivity contribution in [1.29, 1.82) is 0 Å². The highest BCUT2D eigenvalue weighted by Gasteiger charge is 2.22. The van der Waals surface area contributed by atoms with Crippen LogP contribution in [0.15, 0.2) is 41.5 Å². The van der Waals surface area contributed by atoms with Crippen LogP contribution < -0.4 is 5.73 Å². The Labute approximate surface area is 598 Å². The molecule has 1 heterocycles. The molecule has 97 heavy (non-hydrogen) atoms. The number of unbranched alkanes of at least 4 members (excludes halogenated alkanes) is 9. The van der Waals surface area contributed by atoms with Crippen LogP contribution in [0.25, 0.3) is 10.4 Å². The number of phenols is 4. The van der Waals surface area contributed by atoms with Crippen molar-refractivity contribution in [3.8, 4) is 23.0 Å². The predicted octanol–water partition coefficient (Wildman–Crippen LogP) is 10.5. The monoisotopic (exact) mass is 1710 g/mol. The number of thiol groups is 2. The molecule has 0 aliphatic carbocycles. The minimum atomic E-state index is -3.92. The van der Waals surface area contributed by atoms with Crippen molar-refractivity contribution in [1.82, 2.24) is 0 Å². The Morgan fingerprint density at radius 3 is 1.14 bits per heavy atom. The van der Waals surface area contributed by atoms with Gasteiger partial charge in [-0.1, -0.05) is 46.3 Å². The van der Waals surface area contributed by atoms with Crippen molar-refractivity contribution in [3.63, 3.8) is 0 Å². The summed E-state index contributed by atoms with van der Waals surface area (Å²) in [5, 5.41) is 48.1. The van der Waals surface area contributed by atoms with E-state index in [2.05, 4.69) is 57.9 Å². The van der Waals surface area contributed by atoms with Gasteiger partial charge in [-0.2, -0.15) is 25.3 Å². The van der Waals surface area contributed by atoms with E-state index in [1.165, 1.54) is 19.1 Å². The molecule has 0 amide bonds. The summed E-state index contributed by atoms with van der Waals surface area (Å²) in [6.45, 7) is 3.50. The number of hydrogen-bond acceptors (Lipinski definition) is 18. The number of aromatic hydroxyl groups is 4. The molecule has 1 aliphatic heterocycles. The quantitative estimate of drug-likeness (QED) is 0.00282. The number of ether oxygens (including phenoxy) is 1. The lowest BCUT2D eigenvalue weighted by atomic mass is 10.1. The molecule has 1 fully saturated rings. The van der Waals surface area contributed by atoms with Crippen LogP contribution in [0, 0.1) is 0 Å². The van der Waals surface area contributed by atoms with Gasteiger partial charge in [-0.05, 0) is 199 Å². The lowest BCUT2D eigenvalue weighted by molar-refractivity contribution is -0.137. The summed E-state index contributed by atoms with van der Waals surface area (Å²) < 4.78 is 77.5. The molecule has 1 aliphatic rings. The number of aliphatic carboxylic acids is 1. The maximum absolute atomic E-state index is 10.4. The molecule has 1 unspecified atom stereocenters. The molecule has 21 N–H and O–H groups in total. The molecule has 2 aromatic rings. The molecule has 0 saturated carbocycles. The lowest BCUT2D eigenvalue weighted by Gasteiger charge is -2.02. The molecule has 574 valence electrons. The van der Waals surface area contributed by atoms with Crippen molar-refractivity contribution >= 4 is 124 Å². The summed E-state index contributed by atoms with van der Waals surface area (Å²) in [6, 6.07) is 9.69. The van der Waals surface area contributed by atoms with Crippen molar-refractivity contribution in [3.05, 3.63) is 58.0 Å². The molecule has 3 rings (SSSR count). The van der Waals surface area contributed by atoms with Crippen molar-refractivity contribution in [2.45, 2.75) is 161 Å². The number of epoxide rings is 1. The van der Waals surface area contributed by atoms with Gasteiger partial charge in [0, 0.05) is 73.3 Å². The number of ketones is 1. The zero-order chi connectivity index (χ0) is 76.2. The Balaban J connectivity index is -0.000000242. The summed E-state index contributed by atoms with van der Waals surface area (Å²) in [4.78, 5) is 140. The number of phenolic OH excluding ortho intramolecular Hbond substituents is 4. The number of azide groups is 1. The Morgan fingerprint density at radius 1 is 0.526 bits per heavy atom. The SMILES string of the molecule is CC(=O)CCCCP(=O)(O)O.NCCCCc1ccc(O)c(O)c1.O=C(O)CCCCP(=O)(O)O.O=P(O)(O)CCCCC1CO1.O=P(O)(O)CCCCCl.O=P(O)(O)CCCCI.O=P(O)(O)CCCCS.O=P(O)(O)CCCCS.[N-]=[N+]=NCCCCc1ccc(O)c(O)c1. The molecule has 0 spiro atoms. The van der Waals surface area contributed by atoms with E-state index >= 15 is 0 Å². The number of hydrogen-bond donors (Lipinski definition) is 22. The van der Waals surface area contributed by atoms with Crippen LogP contribution in [0.1, 0.15) is 153 Å². The van der Waals surface area contributed by atoms with Crippen LogP contribution >= 0.6 is 113 Å². The first-order chi connectivity index (χ1) is 44.6. The number of benzene rings is 2. The summed E-state index contributed by atoms with van der Waals surface area (Å²) in [7, 11) is -26.4. The number of carboxylic acids is 1. The van der Waals surface area contributed by atoms with Crippen LogP contribution in [-0.4, -0.2) is 197 Å². The minimum Gasteiger partial charge on any atom is -0.504 e. The van der Waals surface area contributed by atoms with Gasteiger partial charge in [0.15, 0.2) is 23.0 Å². The average Bonchev–Trinajstić information content (AvgIpc) is 3.85. The topological polar surface area (TPSA) is 625 Å². The van der Waals surface area contributed by atoms with Gasteiger partial charge in [-0.15, -0.1) is 11.6 Å². The van der Waals surface area contributed by atoms with Crippen molar-refractivity contribution < 1.29 is 140 Å². The smallest absolute Gasteiger partial charge is 0.325 e. The summed E-state index contributed by atoms with van der Waals surface area (Å²) >= 11 is 15.3. The number of carbonyl (C=O) groups is 2. The van der Waals surface area contributed by atoms with Crippen LogP contribution in [-0.2, 0) is 59.1 Å². The molecule has 33 nitrogen and oxygen atoms in total.